The van der Waals surface area contributed by atoms with Crippen LogP contribution in [0.3, 0.4) is 0 Å². The Morgan fingerprint density at radius 1 is 1.67 bits per heavy atom. The maximum Gasteiger partial charge on any atom is 0.310 e. The lowest BCUT2D eigenvalue weighted by molar-refractivity contribution is -0.139. The molecular formula is C10H7BrClNO2. The molecule has 3 nitrogen and oxygen atoms in total. The van der Waals surface area contributed by atoms with E-state index in [1.807, 2.05) is 6.07 Å². The standard InChI is InChI=1S/C10H7BrClNO2/c1-15-9(14)4-7-2-6(5-13)3-8(11)10(7)12/h2-3H,4H2,1H3. The number of rotatable bonds is 2. The highest BCUT2D eigenvalue weighted by molar-refractivity contribution is 9.10. The summed E-state index contributed by atoms with van der Waals surface area (Å²) < 4.78 is 5.13. The van der Waals surface area contributed by atoms with Gasteiger partial charge >= 0.3 is 5.97 Å². The summed E-state index contributed by atoms with van der Waals surface area (Å²) in [7, 11) is 1.30. The summed E-state index contributed by atoms with van der Waals surface area (Å²) in [6.07, 6.45) is 0.0590. The Balaban J connectivity index is 3.12. The molecule has 0 radical (unpaired) electrons. The number of hydrogen-bond donors (Lipinski definition) is 0. The topological polar surface area (TPSA) is 50.1 Å². The van der Waals surface area contributed by atoms with E-state index in [2.05, 4.69) is 20.7 Å². The first-order valence-electron chi connectivity index (χ1n) is 4.03. The molecule has 0 atom stereocenters. The number of carbonyl (C=O) groups excluding carboxylic acids is 1. The molecule has 0 fully saturated rings. The molecule has 0 aromatic heterocycles. The molecular weight excluding hydrogens is 281 g/mol. The fraction of sp³-hybridized carbons (Fsp3) is 0.200. The second kappa shape index (κ2) is 5.15. The van der Waals surface area contributed by atoms with Crippen LogP contribution in [0, 0.1) is 11.3 Å². The molecule has 0 aliphatic heterocycles. The van der Waals surface area contributed by atoms with Crippen molar-refractivity contribution in [2.45, 2.75) is 6.42 Å². The second-order valence-electron chi connectivity index (χ2n) is 2.80. The minimum atomic E-state index is -0.390. The van der Waals surface area contributed by atoms with Crippen LogP contribution in [0.4, 0.5) is 0 Å². The Morgan fingerprint density at radius 3 is 2.87 bits per heavy atom. The summed E-state index contributed by atoms with van der Waals surface area (Å²) in [5, 5.41) is 9.17. The Labute approximate surface area is 101 Å². The third kappa shape index (κ3) is 2.95. The predicted molar refractivity (Wildman–Crippen MR) is 59.6 cm³/mol. The van der Waals surface area contributed by atoms with Gasteiger partial charge in [0, 0.05) is 4.47 Å². The summed E-state index contributed by atoms with van der Waals surface area (Å²) in [5.74, 6) is -0.390. The number of hydrogen-bond acceptors (Lipinski definition) is 3. The van der Waals surface area contributed by atoms with Gasteiger partial charge < -0.3 is 4.74 Å². The molecule has 0 aliphatic rings. The summed E-state index contributed by atoms with van der Waals surface area (Å²) >= 11 is 9.17. The van der Waals surface area contributed by atoms with Crippen LogP contribution in [-0.2, 0) is 16.0 Å². The van der Waals surface area contributed by atoms with Crippen LogP contribution < -0.4 is 0 Å². The van der Waals surface area contributed by atoms with Crippen molar-refractivity contribution in [3.63, 3.8) is 0 Å². The fourth-order valence-corrected chi connectivity index (χ4v) is 1.74. The zero-order valence-corrected chi connectivity index (χ0v) is 10.2. The number of benzene rings is 1. The number of nitrogens with zero attached hydrogens (tertiary/aromatic N) is 1. The highest BCUT2D eigenvalue weighted by atomic mass is 79.9. The quantitative estimate of drug-likeness (QED) is 0.786. The zero-order chi connectivity index (χ0) is 11.4. The first-order chi connectivity index (χ1) is 7.08. The molecule has 0 saturated carbocycles. The average molecular weight is 289 g/mol. The van der Waals surface area contributed by atoms with Crippen molar-refractivity contribution < 1.29 is 9.53 Å². The van der Waals surface area contributed by atoms with Gasteiger partial charge in [-0.1, -0.05) is 11.6 Å². The van der Waals surface area contributed by atoms with Gasteiger partial charge in [0.15, 0.2) is 0 Å². The number of ether oxygens (including phenoxy) is 1. The SMILES string of the molecule is COC(=O)Cc1cc(C#N)cc(Br)c1Cl. The maximum absolute atomic E-state index is 11.1. The van der Waals surface area contributed by atoms with Gasteiger partial charge in [-0.3, -0.25) is 4.79 Å². The van der Waals surface area contributed by atoms with Crippen LogP contribution in [0.1, 0.15) is 11.1 Å². The number of carbonyl (C=O) groups is 1. The summed E-state index contributed by atoms with van der Waals surface area (Å²) in [4.78, 5) is 11.1. The van der Waals surface area contributed by atoms with Crippen LogP contribution in [0.2, 0.25) is 5.02 Å². The molecule has 0 N–H and O–H groups in total. The molecule has 0 saturated heterocycles. The minimum absolute atomic E-state index is 0.0590. The van der Waals surface area contributed by atoms with Gasteiger partial charge in [-0.15, -0.1) is 0 Å². The van der Waals surface area contributed by atoms with E-state index in [-0.39, 0.29) is 12.4 Å². The largest absolute Gasteiger partial charge is 0.469 e. The van der Waals surface area contributed by atoms with Crippen LogP contribution in [0.25, 0.3) is 0 Å². The first-order valence-corrected chi connectivity index (χ1v) is 5.20. The Morgan fingerprint density at radius 2 is 2.33 bits per heavy atom. The van der Waals surface area contributed by atoms with Gasteiger partial charge in [-0.05, 0) is 33.6 Å². The highest BCUT2D eigenvalue weighted by Gasteiger charge is 2.11. The second-order valence-corrected chi connectivity index (χ2v) is 4.03. The van der Waals surface area contributed by atoms with Crippen molar-refractivity contribution in [3.05, 3.63) is 32.8 Å². The number of halogens is 2. The van der Waals surface area contributed by atoms with E-state index in [4.69, 9.17) is 16.9 Å². The van der Waals surface area contributed by atoms with E-state index in [9.17, 15) is 4.79 Å². The van der Waals surface area contributed by atoms with Gasteiger partial charge in [0.25, 0.3) is 0 Å². The average Bonchev–Trinajstić information content (AvgIpc) is 2.24. The van der Waals surface area contributed by atoms with Gasteiger partial charge in [-0.25, -0.2) is 0 Å². The van der Waals surface area contributed by atoms with E-state index in [1.54, 1.807) is 12.1 Å². The van der Waals surface area contributed by atoms with Crippen LogP contribution in [0.5, 0.6) is 0 Å². The predicted octanol–water partition coefficient (Wildman–Crippen LogP) is 2.69. The molecule has 0 aliphatic carbocycles. The van der Waals surface area contributed by atoms with Crippen LogP contribution in [-0.4, -0.2) is 13.1 Å². The van der Waals surface area contributed by atoms with Crippen molar-refractivity contribution in [1.82, 2.24) is 0 Å². The molecule has 0 unspecified atom stereocenters. The molecule has 0 bridgehead atoms. The van der Waals surface area contributed by atoms with E-state index in [1.165, 1.54) is 7.11 Å². The number of methoxy groups -OCH3 is 1. The maximum atomic E-state index is 11.1. The Kier molecular flexibility index (Phi) is 4.13. The Hall–Kier alpha value is -1.05. The van der Waals surface area contributed by atoms with E-state index in [0.717, 1.165) is 0 Å². The lowest BCUT2D eigenvalue weighted by atomic mass is 10.1. The molecule has 0 amide bonds. The molecule has 1 aromatic carbocycles. The molecule has 78 valence electrons. The summed E-state index contributed by atoms with van der Waals surface area (Å²) in [6.45, 7) is 0. The van der Waals surface area contributed by atoms with Gasteiger partial charge in [0.2, 0.25) is 0 Å². The first kappa shape index (κ1) is 12.0. The van der Waals surface area contributed by atoms with Crippen molar-refractivity contribution in [2.75, 3.05) is 7.11 Å². The molecule has 1 aromatic rings. The lowest BCUT2D eigenvalue weighted by Crippen LogP contribution is -2.05. The normalized spacial score (nSPS) is 9.47. The number of esters is 1. The summed E-state index contributed by atoms with van der Waals surface area (Å²) in [6, 6.07) is 5.16. The molecule has 1 rings (SSSR count). The zero-order valence-electron chi connectivity index (χ0n) is 7.88. The highest BCUT2D eigenvalue weighted by Crippen LogP contribution is 2.28. The number of nitriles is 1. The monoisotopic (exact) mass is 287 g/mol. The molecule has 5 heteroatoms. The summed E-state index contributed by atoms with van der Waals surface area (Å²) in [5.41, 5.74) is 1.03. The van der Waals surface area contributed by atoms with Gasteiger partial charge in [0.1, 0.15) is 0 Å². The van der Waals surface area contributed by atoms with Gasteiger partial charge in [0.05, 0.1) is 30.2 Å². The van der Waals surface area contributed by atoms with Crippen molar-refractivity contribution >= 4 is 33.5 Å². The third-order valence-corrected chi connectivity index (χ3v) is 3.10. The van der Waals surface area contributed by atoms with Crippen molar-refractivity contribution in [3.8, 4) is 6.07 Å². The third-order valence-electron chi connectivity index (χ3n) is 1.80. The van der Waals surface area contributed by atoms with E-state index >= 15 is 0 Å². The molecule has 0 spiro atoms. The van der Waals surface area contributed by atoms with Crippen LogP contribution >= 0.6 is 27.5 Å². The molecule has 15 heavy (non-hydrogen) atoms. The van der Waals surface area contributed by atoms with Crippen molar-refractivity contribution in [1.29, 1.82) is 5.26 Å². The van der Waals surface area contributed by atoms with E-state index < -0.39 is 0 Å². The Bertz CT molecular complexity index is 440. The van der Waals surface area contributed by atoms with Crippen LogP contribution in [0.15, 0.2) is 16.6 Å². The van der Waals surface area contributed by atoms with Gasteiger partial charge in [-0.2, -0.15) is 5.26 Å². The minimum Gasteiger partial charge on any atom is -0.469 e. The smallest absolute Gasteiger partial charge is 0.310 e. The fourth-order valence-electron chi connectivity index (χ4n) is 1.07. The van der Waals surface area contributed by atoms with E-state index in [0.29, 0.717) is 20.6 Å². The van der Waals surface area contributed by atoms with Crippen molar-refractivity contribution in [2.24, 2.45) is 0 Å². The molecule has 0 heterocycles. The lowest BCUT2D eigenvalue weighted by Gasteiger charge is -2.05.